The molecule has 0 atom stereocenters. The number of H-pyrrole nitrogens is 2. The number of nitrogens with one attached hydrogen (secondary N) is 2. The Morgan fingerprint density at radius 2 is 0.643 bits per heavy atom. The molecule has 0 unspecified atom stereocenters. The van der Waals surface area contributed by atoms with Gasteiger partial charge in [-0.25, -0.2) is 19.9 Å². The SMILES string of the molecule is O=C([O-])c1cccc(C(=O)[O-])n1.O=C([O-])c1cccc(C(=O)[O-])n1.[O-2].[O-2].[O-2].[O-2].[V].[V].c1cc[nH+]cc1.c1cc[nH+]cc1. The Morgan fingerprint density at radius 1 is 0.429 bits per heavy atom. The first kappa shape index (κ1) is 50.3. The summed E-state index contributed by atoms with van der Waals surface area (Å²) in [6, 6.07) is 18.8. The minimum atomic E-state index is -1.52. The summed E-state index contributed by atoms with van der Waals surface area (Å²) < 4.78 is 0. The van der Waals surface area contributed by atoms with Crippen LogP contribution >= 0.6 is 0 Å². The van der Waals surface area contributed by atoms with Gasteiger partial charge < -0.3 is 61.5 Å². The zero-order valence-corrected chi connectivity index (χ0v) is 23.7. The van der Waals surface area contributed by atoms with Crippen molar-refractivity contribution in [3.63, 3.8) is 0 Å². The summed E-state index contributed by atoms with van der Waals surface area (Å²) in [4.78, 5) is 53.0. The fourth-order valence-corrected chi connectivity index (χ4v) is 2.01. The molecule has 0 aliphatic carbocycles. The average molecular weight is 656 g/mol. The van der Waals surface area contributed by atoms with Gasteiger partial charge >= 0.3 is 0 Å². The predicted molar refractivity (Wildman–Crippen MR) is 115 cm³/mol. The number of pyridine rings is 4. The van der Waals surface area contributed by atoms with Crippen LogP contribution in [0.15, 0.2) is 97.6 Å². The van der Waals surface area contributed by atoms with E-state index in [9.17, 15) is 39.6 Å². The number of carboxylic acids is 4. The van der Waals surface area contributed by atoms with Gasteiger partial charge in [0.15, 0.2) is 24.8 Å². The van der Waals surface area contributed by atoms with Gasteiger partial charge in [0.1, 0.15) is 0 Å². The van der Waals surface area contributed by atoms with Crippen LogP contribution in [0, 0.1) is 0 Å². The van der Waals surface area contributed by atoms with Crippen molar-refractivity contribution < 1.29 is 109 Å². The smallest absolute Gasteiger partial charge is 0.166 e. The van der Waals surface area contributed by atoms with Crippen LogP contribution in [0.1, 0.15) is 42.0 Å². The van der Waals surface area contributed by atoms with Crippen molar-refractivity contribution >= 4 is 23.9 Å². The fraction of sp³-hybridized carbons (Fsp3) is 0. The van der Waals surface area contributed by atoms with Crippen LogP contribution in [0.25, 0.3) is 0 Å². The van der Waals surface area contributed by atoms with E-state index < -0.39 is 46.7 Å². The first-order valence-electron chi connectivity index (χ1n) is 9.84. The van der Waals surface area contributed by atoms with Crippen molar-refractivity contribution in [3.05, 3.63) is 120 Å². The number of aromatic nitrogens is 4. The quantitative estimate of drug-likeness (QED) is 0.206. The molecule has 0 fully saturated rings. The third-order valence-corrected chi connectivity index (χ3v) is 3.55. The Kier molecular flexibility index (Phi) is 35.3. The molecule has 0 saturated carbocycles. The van der Waals surface area contributed by atoms with Crippen molar-refractivity contribution in [2.75, 3.05) is 0 Å². The van der Waals surface area contributed by atoms with Crippen LogP contribution in [-0.4, -0.2) is 33.8 Å². The molecule has 4 rings (SSSR count). The van der Waals surface area contributed by atoms with E-state index >= 15 is 0 Å². The predicted octanol–water partition coefficient (Wildman–Crippen LogP) is -3.86. The Hall–Kier alpha value is -4.51. The Morgan fingerprint density at radius 3 is 0.762 bits per heavy atom. The Bertz CT molecular complexity index is 1060. The first-order chi connectivity index (χ1) is 17.2. The van der Waals surface area contributed by atoms with Gasteiger partial charge in [-0.15, -0.1) is 0 Å². The number of hydrogen-bond donors (Lipinski definition) is 0. The van der Waals surface area contributed by atoms with E-state index in [0.717, 1.165) is 24.3 Å². The third-order valence-electron chi connectivity index (χ3n) is 3.55. The molecule has 4 aromatic heterocycles. The maximum atomic E-state index is 10.2. The first-order valence-corrected chi connectivity index (χ1v) is 9.84. The fourth-order valence-electron chi connectivity index (χ4n) is 2.01. The second-order valence-electron chi connectivity index (χ2n) is 6.12. The number of carbonyl (C=O) groups is 4. The molecule has 0 aliphatic heterocycles. The van der Waals surface area contributed by atoms with Crippen molar-refractivity contribution in [2.24, 2.45) is 0 Å². The van der Waals surface area contributed by atoms with Gasteiger partial charge in [-0.1, -0.05) is 24.3 Å². The summed E-state index contributed by atoms with van der Waals surface area (Å²) in [5.41, 5.74) is -1.68. The number of aromatic amines is 2. The van der Waals surface area contributed by atoms with Gasteiger partial charge in [-0.05, 0) is 24.3 Å². The van der Waals surface area contributed by atoms with Crippen LogP contribution in [0.3, 0.4) is 0 Å². The minimum Gasteiger partial charge on any atom is -2.00 e. The van der Waals surface area contributed by atoms with E-state index in [2.05, 4.69) is 19.9 Å². The van der Waals surface area contributed by atoms with Crippen molar-refractivity contribution in [2.45, 2.75) is 0 Å². The van der Waals surface area contributed by atoms with Crippen molar-refractivity contribution in [3.8, 4) is 0 Å². The molecule has 0 aliphatic rings. The van der Waals surface area contributed by atoms with Gasteiger partial charge in [0.25, 0.3) is 0 Å². The number of rotatable bonds is 4. The minimum absolute atomic E-state index is 0. The molecule has 0 bridgehead atoms. The molecule has 16 nitrogen and oxygen atoms in total. The monoisotopic (exact) mass is 656 g/mol. The maximum Gasteiger partial charge on any atom is 0.166 e. The number of hydrogen-bond acceptors (Lipinski definition) is 10. The summed E-state index contributed by atoms with van der Waals surface area (Å²) in [5, 5.41) is 40.8. The largest absolute Gasteiger partial charge is 2.00 e. The Balaban J connectivity index is -0.000000102. The topological polar surface area (TPSA) is 329 Å². The molecule has 0 amide bonds. The van der Waals surface area contributed by atoms with Gasteiger partial charge in [-0.2, -0.15) is 0 Å². The van der Waals surface area contributed by atoms with E-state index in [1.165, 1.54) is 12.1 Å². The van der Waals surface area contributed by atoms with Crippen LogP contribution in [0.4, 0.5) is 0 Å². The van der Waals surface area contributed by atoms with Crippen molar-refractivity contribution in [1.82, 2.24) is 9.97 Å². The van der Waals surface area contributed by atoms with Crippen molar-refractivity contribution in [1.29, 1.82) is 0 Å². The summed E-state index contributed by atoms with van der Waals surface area (Å²) in [6.45, 7) is 0. The molecule has 2 N–H and O–H groups in total. The molecule has 42 heavy (non-hydrogen) atoms. The molecule has 0 spiro atoms. The van der Waals surface area contributed by atoms with E-state index in [4.69, 9.17) is 0 Å². The maximum absolute atomic E-state index is 10.2. The van der Waals surface area contributed by atoms with Crippen LogP contribution < -0.4 is 30.4 Å². The van der Waals surface area contributed by atoms with Crippen LogP contribution in [0.5, 0.6) is 0 Å². The molecule has 4 heterocycles. The average Bonchev–Trinajstić information content (AvgIpc) is 2.92. The second-order valence-corrected chi connectivity index (χ2v) is 6.12. The number of nitrogens with zero attached hydrogens (tertiary/aromatic N) is 2. The number of carboxylic acid groups (broad SMARTS) is 4. The third kappa shape index (κ3) is 22.3. The standard InChI is InChI=1S/2C7H5NO4.2C5H5N.4O.2V/c2*9-6(10)4-2-1-3-5(8-4)7(11)12;2*1-2-4-6-5-3-1;;;;;;/h2*1-3H,(H,9,10)(H,11,12);2*1-5H;;;;;;/q;;;;4*-2;;/p-2. The van der Waals surface area contributed by atoms with E-state index in [0.29, 0.717) is 0 Å². The van der Waals surface area contributed by atoms with Gasteiger partial charge in [0.05, 0.1) is 46.7 Å². The zero-order chi connectivity index (χ0) is 26.8. The number of carbonyl (C=O) groups excluding carboxylic acids is 4. The van der Waals surface area contributed by atoms with E-state index in [-0.39, 0.29) is 59.0 Å². The van der Waals surface area contributed by atoms with Gasteiger partial charge in [-0.3, -0.25) is 0 Å². The van der Waals surface area contributed by atoms with E-state index in [1.54, 1.807) is 0 Å². The van der Waals surface area contributed by atoms with Gasteiger partial charge in [0, 0.05) is 61.4 Å². The molecule has 0 saturated heterocycles. The summed E-state index contributed by atoms with van der Waals surface area (Å²) in [5.74, 6) is -6.06. The normalized spacial score (nSPS) is 7.62. The number of aromatic carboxylic acids is 4. The van der Waals surface area contributed by atoms with Crippen LogP contribution in [-0.2, 0) is 59.0 Å². The summed E-state index contributed by atoms with van der Waals surface area (Å²) in [6.07, 6.45) is 7.50. The molecule has 226 valence electrons. The summed E-state index contributed by atoms with van der Waals surface area (Å²) >= 11 is 0. The van der Waals surface area contributed by atoms with E-state index in [1.807, 2.05) is 61.2 Å². The molecular formula is C24H18N4O12V2-10. The zero-order valence-electron chi connectivity index (χ0n) is 20.9. The molecule has 2 radical (unpaired) electrons. The Labute approximate surface area is 262 Å². The van der Waals surface area contributed by atoms with Gasteiger partial charge in [0.2, 0.25) is 0 Å². The molecule has 4 aromatic rings. The van der Waals surface area contributed by atoms with Crippen LogP contribution in [0.2, 0.25) is 0 Å². The molecule has 0 aromatic carbocycles. The molecule has 18 heteroatoms. The molecular weight excluding hydrogens is 638 g/mol. The summed E-state index contributed by atoms with van der Waals surface area (Å²) in [7, 11) is 0. The second kappa shape index (κ2) is 29.5.